The van der Waals surface area contributed by atoms with Crippen molar-refractivity contribution in [1.29, 1.82) is 0 Å². The fourth-order valence-electron chi connectivity index (χ4n) is 1.25. The molecule has 0 aliphatic heterocycles. The molecule has 71 valence electrons. The molecule has 3 heteroatoms. The SMILES string of the molecule is Cc1ccc(C(C)C)c(O[PH]=O)c1. The van der Waals surface area contributed by atoms with Crippen molar-refractivity contribution in [3.05, 3.63) is 29.3 Å². The third-order valence-corrected chi connectivity index (χ3v) is 2.25. The largest absolute Gasteiger partial charge is 0.419 e. The quantitative estimate of drug-likeness (QED) is 0.694. The van der Waals surface area contributed by atoms with Gasteiger partial charge in [-0.25, -0.2) is 4.57 Å². The van der Waals surface area contributed by atoms with E-state index < -0.39 is 8.69 Å². The van der Waals surface area contributed by atoms with Gasteiger partial charge in [-0.15, -0.1) is 0 Å². The smallest absolute Gasteiger partial charge is 0.253 e. The summed E-state index contributed by atoms with van der Waals surface area (Å²) in [5.74, 6) is 1.13. The lowest BCUT2D eigenvalue weighted by Gasteiger charge is -2.10. The van der Waals surface area contributed by atoms with E-state index in [0.717, 1.165) is 16.9 Å². The highest BCUT2D eigenvalue weighted by molar-refractivity contribution is 7.17. The molecule has 1 atom stereocenters. The highest BCUT2D eigenvalue weighted by atomic mass is 31.1. The van der Waals surface area contributed by atoms with Crippen LogP contribution in [0.4, 0.5) is 0 Å². The van der Waals surface area contributed by atoms with Crippen molar-refractivity contribution in [3.8, 4) is 5.75 Å². The normalized spacial score (nSPS) is 10.8. The summed E-state index contributed by atoms with van der Waals surface area (Å²) in [5.41, 5.74) is 2.23. The number of benzene rings is 1. The van der Waals surface area contributed by atoms with Gasteiger partial charge >= 0.3 is 0 Å². The third-order valence-electron chi connectivity index (χ3n) is 1.94. The highest BCUT2D eigenvalue weighted by Gasteiger charge is 2.07. The van der Waals surface area contributed by atoms with Gasteiger partial charge in [-0.3, -0.25) is 0 Å². The summed E-state index contributed by atoms with van der Waals surface area (Å²) in [5, 5.41) is 0. The summed E-state index contributed by atoms with van der Waals surface area (Å²) < 4.78 is 15.4. The van der Waals surface area contributed by atoms with Crippen molar-refractivity contribution in [1.82, 2.24) is 0 Å². The molecule has 1 rings (SSSR count). The van der Waals surface area contributed by atoms with Gasteiger partial charge in [0.1, 0.15) is 5.75 Å². The van der Waals surface area contributed by atoms with E-state index in [2.05, 4.69) is 13.8 Å². The lowest BCUT2D eigenvalue weighted by molar-refractivity contribution is 0.519. The van der Waals surface area contributed by atoms with Gasteiger partial charge in [0.2, 0.25) is 0 Å². The van der Waals surface area contributed by atoms with E-state index in [-0.39, 0.29) is 0 Å². The molecule has 0 fully saturated rings. The molecule has 1 aromatic carbocycles. The van der Waals surface area contributed by atoms with Crippen molar-refractivity contribution in [3.63, 3.8) is 0 Å². The Bertz CT molecular complexity index is 308. The lowest BCUT2D eigenvalue weighted by atomic mass is 10.0. The van der Waals surface area contributed by atoms with Crippen molar-refractivity contribution < 1.29 is 9.09 Å². The first-order chi connectivity index (χ1) is 6.15. The van der Waals surface area contributed by atoms with Crippen LogP contribution in [0, 0.1) is 6.92 Å². The molecule has 0 aromatic heterocycles. The molecule has 0 bridgehead atoms. The Hall–Kier alpha value is -0.880. The Kier molecular flexibility index (Phi) is 3.44. The first-order valence-electron chi connectivity index (χ1n) is 4.29. The van der Waals surface area contributed by atoms with Gasteiger partial charge in [-0.1, -0.05) is 26.0 Å². The average molecular weight is 197 g/mol. The lowest BCUT2D eigenvalue weighted by Crippen LogP contribution is -1.91. The maximum absolute atomic E-state index is 10.4. The first kappa shape index (κ1) is 10.2. The second kappa shape index (κ2) is 4.38. The van der Waals surface area contributed by atoms with Crippen molar-refractivity contribution in [2.24, 2.45) is 0 Å². The Morgan fingerprint density at radius 3 is 2.62 bits per heavy atom. The minimum atomic E-state index is -0.729. The van der Waals surface area contributed by atoms with Crippen molar-refractivity contribution in [2.45, 2.75) is 26.7 Å². The topological polar surface area (TPSA) is 26.3 Å². The standard InChI is InChI=1S/C10H14O2P/c1-7(2)9-5-4-8(3)6-10(9)12-13-11/h4-7,13H,1-3H3. The molecular weight excluding hydrogens is 183 g/mol. The summed E-state index contributed by atoms with van der Waals surface area (Å²) in [6.07, 6.45) is 0. The molecule has 2 nitrogen and oxygen atoms in total. The monoisotopic (exact) mass is 197 g/mol. The Morgan fingerprint density at radius 2 is 2.08 bits per heavy atom. The molecule has 0 amide bonds. The molecule has 0 aliphatic carbocycles. The van der Waals surface area contributed by atoms with E-state index in [0.29, 0.717) is 5.92 Å². The fraction of sp³-hybridized carbons (Fsp3) is 0.400. The van der Waals surface area contributed by atoms with Crippen LogP contribution in [0.3, 0.4) is 0 Å². The third kappa shape index (κ3) is 2.53. The van der Waals surface area contributed by atoms with E-state index >= 15 is 0 Å². The summed E-state index contributed by atoms with van der Waals surface area (Å²) in [6, 6.07) is 5.98. The first-order valence-corrected chi connectivity index (χ1v) is 5.11. The molecule has 13 heavy (non-hydrogen) atoms. The predicted molar refractivity (Wildman–Crippen MR) is 54.9 cm³/mol. The van der Waals surface area contributed by atoms with E-state index in [1.165, 1.54) is 0 Å². The van der Waals surface area contributed by atoms with Crippen LogP contribution in [0.25, 0.3) is 0 Å². The van der Waals surface area contributed by atoms with E-state index in [4.69, 9.17) is 4.52 Å². The van der Waals surface area contributed by atoms with Crippen molar-refractivity contribution in [2.75, 3.05) is 0 Å². The summed E-state index contributed by atoms with van der Waals surface area (Å²) in [7, 11) is -0.729. The maximum Gasteiger partial charge on any atom is 0.253 e. The van der Waals surface area contributed by atoms with Crippen LogP contribution in [-0.2, 0) is 4.57 Å². The van der Waals surface area contributed by atoms with Gasteiger partial charge in [0.25, 0.3) is 8.69 Å². The molecule has 1 unspecified atom stereocenters. The van der Waals surface area contributed by atoms with Gasteiger partial charge in [0.15, 0.2) is 0 Å². The van der Waals surface area contributed by atoms with E-state index in [1.807, 2.05) is 25.1 Å². The fourth-order valence-corrected chi connectivity index (χ4v) is 1.52. The summed E-state index contributed by atoms with van der Waals surface area (Å²) in [6.45, 7) is 6.17. The molecule has 0 saturated carbocycles. The molecule has 0 N–H and O–H groups in total. The molecule has 1 radical (unpaired) electrons. The second-order valence-electron chi connectivity index (χ2n) is 3.38. The van der Waals surface area contributed by atoms with E-state index in [1.54, 1.807) is 0 Å². The van der Waals surface area contributed by atoms with Gasteiger partial charge < -0.3 is 4.52 Å². The van der Waals surface area contributed by atoms with Crippen LogP contribution in [0.15, 0.2) is 18.2 Å². The molecule has 0 heterocycles. The molecule has 0 spiro atoms. The van der Waals surface area contributed by atoms with Crippen molar-refractivity contribution >= 4 is 8.69 Å². The Labute approximate surface area is 80.2 Å². The predicted octanol–water partition coefficient (Wildman–Crippen LogP) is 3.44. The van der Waals surface area contributed by atoms with E-state index in [9.17, 15) is 4.57 Å². The number of aryl methyl sites for hydroxylation is 1. The highest BCUT2D eigenvalue weighted by Crippen LogP contribution is 2.29. The Morgan fingerprint density at radius 1 is 1.38 bits per heavy atom. The van der Waals surface area contributed by atoms with Crippen LogP contribution in [0.2, 0.25) is 0 Å². The number of hydrogen-bond acceptors (Lipinski definition) is 2. The zero-order chi connectivity index (χ0) is 9.84. The maximum atomic E-state index is 10.4. The van der Waals surface area contributed by atoms with Crippen LogP contribution in [0.5, 0.6) is 5.75 Å². The Balaban J connectivity index is 3.10. The van der Waals surface area contributed by atoms with Crippen LogP contribution in [-0.4, -0.2) is 0 Å². The zero-order valence-electron chi connectivity index (χ0n) is 8.13. The van der Waals surface area contributed by atoms with Gasteiger partial charge in [0, 0.05) is 0 Å². The second-order valence-corrected chi connectivity index (χ2v) is 3.75. The minimum absolute atomic E-state index is 0.395. The summed E-state index contributed by atoms with van der Waals surface area (Å²) >= 11 is 0. The number of rotatable bonds is 3. The number of hydrogen-bond donors (Lipinski definition) is 0. The molecule has 0 saturated heterocycles. The molecule has 0 aliphatic rings. The molecular formula is C10H14O2P. The van der Waals surface area contributed by atoms with Crippen LogP contribution >= 0.6 is 8.69 Å². The molecule has 1 aromatic rings. The van der Waals surface area contributed by atoms with Gasteiger partial charge in [-0.2, -0.15) is 0 Å². The van der Waals surface area contributed by atoms with Crippen LogP contribution < -0.4 is 4.52 Å². The zero-order valence-corrected chi connectivity index (χ0v) is 9.13. The van der Waals surface area contributed by atoms with Crippen LogP contribution in [0.1, 0.15) is 30.9 Å². The van der Waals surface area contributed by atoms with Gasteiger partial charge in [0.05, 0.1) is 0 Å². The average Bonchev–Trinajstić information content (AvgIpc) is 2.04. The summed E-state index contributed by atoms with van der Waals surface area (Å²) in [4.78, 5) is 0. The van der Waals surface area contributed by atoms with Gasteiger partial charge in [-0.05, 0) is 30.0 Å². The minimum Gasteiger partial charge on any atom is -0.419 e.